The van der Waals surface area contributed by atoms with E-state index in [0.29, 0.717) is 18.7 Å². The molecule has 4 heteroatoms. The molecule has 0 aliphatic carbocycles. The van der Waals surface area contributed by atoms with Gasteiger partial charge in [-0.15, -0.1) is 0 Å². The van der Waals surface area contributed by atoms with E-state index in [4.69, 9.17) is 0 Å². The van der Waals surface area contributed by atoms with Crippen molar-refractivity contribution in [3.8, 4) is 0 Å². The van der Waals surface area contributed by atoms with Gasteiger partial charge in [-0.1, -0.05) is 36.4 Å². The Balaban J connectivity index is 1.95. The monoisotopic (exact) mass is 276 g/mol. The van der Waals surface area contributed by atoms with E-state index < -0.39 is 12.5 Å². The van der Waals surface area contributed by atoms with Gasteiger partial charge in [0.2, 0.25) is 0 Å². The molecule has 1 atom stereocenters. The van der Waals surface area contributed by atoms with Crippen molar-refractivity contribution in [2.24, 2.45) is 0 Å². The molecule has 2 nitrogen and oxygen atoms in total. The van der Waals surface area contributed by atoms with Crippen molar-refractivity contribution in [3.63, 3.8) is 0 Å². The predicted octanol–water partition coefficient (Wildman–Crippen LogP) is 3.05. The highest BCUT2D eigenvalue weighted by Crippen LogP contribution is 2.30. The number of fused-ring (bicyclic) bond motifs is 1. The normalized spacial score (nSPS) is 18.6. The number of rotatable bonds is 3. The highest BCUT2D eigenvalue weighted by molar-refractivity contribution is 5.83. The van der Waals surface area contributed by atoms with E-state index in [1.807, 2.05) is 47.4 Å². The van der Waals surface area contributed by atoms with Gasteiger partial charge in [0.1, 0.15) is 0 Å². The summed E-state index contributed by atoms with van der Waals surface area (Å²) in [6, 6.07) is 12.7. The number of hydrogen-bond acceptors (Lipinski definition) is 2. The fourth-order valence-electron chi connectivity index (χ4n) is 2.87. The van der Waals surface area contributed by atoms with Gasteiger partial charge in [0.25, 0.3) is 6.43 Å². The fourth-order valence-corrected chi connectivity index (χ4v) is 2.87. The number of halogens is 2. The molecule has 1 fully saturated rings. The molecule has 0 amide bonds. The first-order valence-electron chi connectivity index (χ1n) is 6.97. The van der Waals surface area contributed by atoms with Crippen LogP contribution in [0.1, 0.15) is 11.6 Å². The SMILES string of the molecule is FC(F)[C@H](c1ccc2ccccc2c1)N1CCNCC1. The standard InChI is InChI=1S/C16H18F2N2/c17-16(18)15(20-9-7-19-8-10-20)14-6-5-12-3-1-2-4-13(12)11-14/h1-6,11,15-16,19H,7-10H2/t15-/m0/s1. The van der Waals surface area contributed by atoms with Gasteiger partial charge in [-0.2, -0.15) is 0 Å². The average Bonchev–Trinajstić information content (AvgIpc) is 2.48. The molecule has 20 heavy (non-hydrogen) atoms. The molecule has 1 aliphatic rings. The third-order valence-corrected chi connectivity index (χ3v) is 3.90. The summed E-state index contributed by atoms with van der Waals surface area (Å²) in [4.78, 5) is 1.88. The van der Waals surface area contributed by atoms with E-state index in [9.17, 15) is 8.78 Å². The topological polar surface area (TPSA) is 15.3 Å². The van der Waals surface area contributed by atoms with Crippen molar-refractivity contribution in [3.05, 3.63) is 48.0 Å². The maximum atomic E-state index is 13.5. The largest absolute Gasteiger partial charge is 0.314 e. The van der Waals surface area contributed by atoms with Crippen LogP contribution in [0.3, 0.4) is 0 Å². The Kier molecular flexibility index (Phi) is 3.94. The molecule has 1 saturated heterocycles. The Labute approximate surface area is 117 Å². The van der Waals surface area contributed by atoms with Crippen LogP contribution in [-0.4, -0.2) is 37.5 Å². The minimum Gasteiger partial charge on any atom is -0.314 e. The zero-order chi connectivity index (χ0) is 13.9. The fraction of sp³-hybridized carbons (Fsp3) is 0.375. The number of piperazine rings is 1. The van der Waals surface area contributed by atoms with Crippen LogP contribution in [0.25, 0.3) is 10.8 Å². The molecule has 0 saturated carbocycles. The summed E-state index contributed by atoms with van der Waals surface area (Å²) in [6.45, 7) is 2.89. The Bertz CT molecular complexity index is 579. The van der Waals surface area contributed by atoms with E-state index in [0.717, 1.165) is 23.9 Å². The van der Waals surface area contributed by atoms with Crippen molar-refractivity contribution in [1.29, 1.82) is 0 Å². The maximum Gasteiger partial charge on any atom is 0.258 e. The first kappa shape index (κ1) is 13.5. The molecule has 1 heterocycles. The summed E-state index contributed by atoms with van der Waals surface area (Å²) < 4.78 is 27.0. The van der Waals surface area contributed by atoms with E-state index in [1.54, 1.807) is 0 Å². The van der Waals surface area contributed by atoms with Crippen LogP contribution < -0.4 is 5.32 Å². The second-order valence-electron chi connectivity index (χ2n) is 5.17. The van der Waals surface area contributed by atoms with Gasteiger partial charge < -0.3 is 5.32 Å². The Morgan fingerprint density at radius 1 is 0.950 bits per heavy atom. The Morgan fingerprint density at radius 2 is 1.65 bits per heavy atom. The van der Waals surface area contributed by atoms with Gasteiger partial charge >= 0.3 is 0 Å². The van der Waals surface area contributed by atoms with Crippen LogP contribution in [0.5, 0.6) is 0 Å². The van der Waals surface area contributed by atoms with Crippen LogP contribution in [0, 0.1) is 0 Å². The first-order chi connectivity index (χ1) is 9.75. The number of benzene rings is 2. The summed E-state index contributed by atoms with van der Waals surface area (Å²) in [5.41, 5.74) is 0.709. The number of hydrogen-bond donors (Lipinski definition) is 1. The molecule has 106 valence electrons. The molecule has 0 aromatic heterocycles. The lowest BCUT2D eigenvalue weighted by molar-refractivity contribution is 0.0182. The number of alkyl halides is 2. The smallest absolute Gasteiger partial charge is 0.258 e. The van der Waals surface area contributed by atoms with Crippen LogP contribution in [0.15, 0.2) is 42.5 Å². The molecule has 0 bridgehead atoms. The number of nitrogens with one attached hydrogen (secondary N) is 1. The van der Waals surface area contributed by atoms with Gasteiger partial charge in [-0.3, -0.25) is 4.90 Å². The highest BCUT2D eigenvalue weighted by atomic mass is 19.3. The number of nitrogens with zero attached hydrogens (tertiary/aromatic N) is 1. The summed E-state index contributed by atoms with van der Waals surface area (Å²) in [5.74, 6) is 0. The Morgan fingerprint density at radius 3 is 2.35 bits per heavy atom. The predicted molar refractivity (Wildman–Crippen MR) is 77.1 cm³/mol. The molecule has 0 spiro atoms. The third-order valence-electron chi connectivity index (χ3n) is 3.90. The molecule has 0 unspecified atom stereocenters. The summed E-state index contributed by atoms with van der Waals surface area (Å²) >= 11 is 0. The van der Waals surface area contributed by atoms with E-state index in [-0.39, 0.29) is 0 Å². The first-order valence-corrected chi connectivity index (χ1v) is 6.97. The molecule has 1 aliphatic heterocycles. The molecular weight excluding hydrogens is 258 g/mol. The van der Waals surface area contributed by atoms with Gasteiger partial charge in [-0.25, -0.2) is 8.78 Å². The van der Waals surface area contributed by atoms with Gasteiger partial charge in [0, 0.05) is 26.2 Å². The van der Waals surface area contributed by atoms with E-state index >= 15 is 0 Å². The third kappa shape index (κ3) is 2.67. The van der Waals surface area contributed by atoms with Crippen molar-refractivity contribution in [2.45, 2.75) is 12.5 Å². The highest BCUT2D eigenvalue weighted by Gasteiger charge is 2.30. The van der Waals surface area contributed by atoms with E-state index in [2.05, 4.69) is 5.32 Å². The summed E-state index contributed by atoms with van der Waals surface area (Å²) in [6.07, 6.45) is -2.37. The minimum atomic E-state index is -2.37. The van der Waals surface area contributed by atoms with Gasteiger partial charge in [0.15, 0.2) is 0 Å². The molecule has 1 N–H and O–H groups in total. The summed E-state index contributed by atoms with van der Waals surface area (Å²) in [7, 11) is 0. The van der Waals surface area contributed by atoms with Crippen molar-refractivity contribution < 1.29 is 8.78 Å². The molecular formula is C16H18F2N2. The zero-order valence-corrected chi connectivity index (χ0v) is 11.2. The molecule has 3 rings (SSSR count). The van der Waals surface area contributed by atoms with Crippen molar-refractivity contribution in [1.82, 2.24) is 10.2 Å². The zero-order valence-electron chi connectivity index (χ0n) is 11.2. The second kappa shape index (κ2) is 5.85. The van der Waals surface area contributed by atoms with Crippen LogP contribution in [0.2, 0.25) is 0 Å². The molecule has 0 radical (unpaired) electrons. The average molecular weight is 276 g/mol. The summed E-state index contributed by atoms with van der Waals surface area (Å²) in [5, 5.41) is 5.31. The van der Waals surface area contributed by atoms with E-state index in [1.165, 1.54) is 0 Å². The van der Waals surface area contributed by atoms with Crippen molar-refractivity contribution >= 4 is 10.8 Å². The van der Waals surface area contributed by atoms with Gasteiger partial charge in [-0.05, 0) is 22.4 Å². The van der Waals surface area contributed by atoms with Crippen molar-refractivity contribution in [2.75, 3.05) is 26.2 Å². The lowest BCUT2D eigenvalue weighted by Crippen LogP contribution is -2.46. The van der Waals surface area contributed by atoms with Crippen LogP contribution >= 0.6 is 0 Å². The maximum absolute atomic E-state index is 13.5. The molecule has 2 aromatic rings. The molecule has 2 aromatic carbocycles. The minimum absolute atomic E-state index is 0.668. The lowest BCUT2D eigenvalue weighted by atomic mass is 10.0. The lowest BCUT2D eigenvalue weighted by Gasteiger charge is -2.34. The van der Waals surface area contributed by atoms with Crippen LogP contribution in [0.4, 0.5) is 8.78 Å². The quantitative estimate of drug-likeness (QED) is 0.927. The van der Waals surface area contributed by atoms with Crippen LogP contribution in [-0.2, 0) is 0 Å². The Hall–Kier alpha value is -1.52. The second-order valence-corrected chi connectivity index (χ2v) is 5.17. The van der Waals surface area contributed by atoms with Gasteiger partial charge in [0.05, 0.1) is 6.04 Å².